The van der Waals surface area contributed by atoms with Gasteiger partial charge in [0.15, 0.2) is 11.5 Å². The molecule has 1 aromatic rings. The fourth-order valence-corrected chi connectivity index (χ4v) is 1.64. The molecule has 0 saturated carbocycles. The van der Waals surface area contributed by atoms with Crippen LogP contribution in [0, 0.1) is 0 Å². The summed E-state index contributed by atoms with van der Waals surface area (Å²) in [6, 6.07) is 6.06. The fraction of sp³-hybridized carbons (Fsp3) is 0.500. The van der Waals surface area contributed by atoms with Crippen LogP contribution in [-0.2, 0) is 6.54 Å². The van der Waals surface area contributed by atoms with Crippen molar-refractivity contribution in [1.29, 1.82) is 0 Å². The van der Waals surface area contributed by atoms with E-state index in [1.807, 2.05) is 12.1 Å². The molecule has 0 saturated heterocycles. The van der Waals surface area contributed by atoms with Crippen LogP contribution < -0.4 is 14.8 Å². The number of benzene rings is 1. The third-order valence-corrected chi connectivity index (χ3v) is 2.36. The van der Waals surface area contributed by atoms with Crippen molar-refractivity contribution in [1.82, 2.24) is 5.32 Å². The van der Waals surface area contributed by atoms with Crippen molar-refractivity contribution in [2.45, 2.75) is 19.9 Å². The van der Waals surface area contributed by atoms with Gasteiger partial charge in [0, 0.05) is 18.7 Å². The van der Waals surface area contributed by atoms with Gasteiger partial charge >= 0.3 is 0 Å². The van der Waals surface area contributed by atoms with Gasteiger partial charge in [-0.15, -0.1) is 0 Å². The number of hydrogen-bond acceptors (Lipinski definition) is 3. The molecular formula is C12H17NO2. The molecule has 0 amide bonds. The van der Waals surface area contributed by atoms with Crippen molar-refractivity contribution in [2.75, 3.05) is 19.8 Å². The van der Waals surface area contributed by atoms with Gasteiger partial charge < -0.3 is 14.8 Å². The van der Waals surface area contributed by atoms with Gasteiger partial charge in [-0.1, -0.05) is 19.1 Å². The maximum atomic E-state index is 5.69. The molecule has 0 fully saturated rings. The highest BCUT2D eigenvalue weighted by Gasteiger charge is 2.13. The molecule has 82 valence electrons. The molecule has 0 unspecified atom stereocenters. The molecule has 1 aliphatic rings. The van der Waals surface area contributed by atoms with E-state index in [2.05, 4.69) is 18.3 Å². The van der Waals surface area contributed by atoms with Crippen LogP contribution in [0.25, 0.3) is 0 Å². The van der Waals surface area contributed by atoms with Crippen LogP contribution >= 0.6 is 0 Å². The molecule has 1 heterocycles. The third-order valence-electron chi connectivity index (χ3n) is 2.36. The maximum absolute atomic E-state index is 5.69. The molecular weight excluding hydrogens is 190 g/mol. The lowest BCUT2D eigenvalue weighted by molar-refractivity contribution is 0.273. The molecule has 15 heavy (non-hydrogen) atoms. The molecule has 0 aromatic heterocycles. The van der Waals surface area contributed by atoms with Crippen LogP contribution in [0.1, 0.15) is 18.9 Å². The summed E-state index contributed by atoms with van der Waals surface area (Å²) in [6.45, 7) is 5.30. The standard InChI is InChI=1S/C12H17NO2/c1-2-7-14-11-5-3-4-10-9-13-6-8-15-12(10)11/h3-5,13H,2,6-9H2,1H3. The minimum atomic E-state index is 0.708. The Morgan fingerprint density at radius 2 is 2.40 bits per heavy atom. The summed E-state index contributed by atoms with van der Waals surface area (Å²) >= 11 is 0. The summed E-state index contributed by atoms with van der Waals surface area (Å²) in [4.78, 5) is 0. The second kappa shape index (κ2) is 5.03. The molecule has 1 aromatic carbocycles. The van der Waals surface area contributed by atoms with E-state index in [4.69, 9.17) is 9.47 Å². The van der Waals surface area contributed by atoms with Gasteiger partial charge in [-0.3, -0.25) is 0 Å². The smallest absolute Gasteiger partial charge is 0.165 e. The largest absolute Gasteiger partial charge is 0.490 e. The number of nitrogens with one attached hydrogen (secondary N) is 1. The molecule has 0 bridgehead atoms. The highest BCUT2D eigenvalue weighted by atomic mass is 16.5. The zero-order chi connectivity index (χ0) is 10.5. The lowest BCUT2D eigenvalue weighted by Gasteiger charge is -2.12. The summed E-state index contributed by atoms with van der Waals surface area (Å²) in [5, 5.41) is 3.31. The van der Waals surface area contributed by atoms with Crippen LogP contribution in [0.15, 0.2) is 18.2 Å². The van der Waals surface area contributed by atoms with Crippen molar-refractivity contribution < 1.29 is 9.47 Å². The fourth-order valence-electron chi connectivity index (χ4n) is 1.64. The highest BCUT2D eigenvalue weighted by Crippen LogP contribution is 2.32. The monoisotopic (exact) mass is 207 g/mol. The normalized spacial score (nSPS) is 15.0. The van der Waals surface area contributed by atoms with E-state index in [9.17, 15) is 0 Å². The molecule has 2 rings (SSSR count). The first kappa shape index (κ1) is 10.3. The Hall–Kier alpha value is -1.22. The Labute approximate surface area is 90.4 Å². The van der Waals surface area contributed by atoms with Gasteiger partial charge in [0.25, 0.3) is 0 Å². The van der Waals surface area contributed by atoms with Crippen LogP contribution in [0.5, 0.6) is 11.5 Å². The van der Waals surface area contributed by atoms with E-state index in [0.29, 0.717) is 6.61 Å². The predicted molar refractivity (Wildman–Crippen MR) is 59.4 cm³/mol. The average Bonchev–Trinajstić information content (AvgIpc) is 2.51. The molecule has 3 nitrogen and oxygen atoms in total. The minimum absolute atomic E-state index is 0.708. The van der Waals surface area contributed by atoms with Gasteiger partial charge in [-0.05, 0) is 12.5 Å². The van der Waals surface area contributed by atoms with Crippen LogP contribution in [0.2, 0.25) is 0 Å². The van der Waals surface area contributed by atoms with Gasteiger partial charge in [0.2, 0.25) is 0 Å². The SMILES string of the molecule is CCCOc1cccc2c1OCCNC2. The van der Waals surface area contributed by atoms with Gasteiger partial charge in [-0.2, -0.15) is 0 Å². The van der Waals surface area contributed by atoms with E-state index in [1.54, 1.807) is 0 Å². The van der Waals surface area contributed by atoms with Crippen molar-refractivity contribution >= 4 is 0 Å². The highest BCUT2D eigenvalue weighted by molar-refractivity contribution is 5.47. The first-order chi connectivity index (χ1) is 7.42. The second-order valence-electron chi connectivity index (χ2n) is 3.62. The Morgan fingerprint density at radius 3 is 3.27 bits per heavy atom. The summed E-state index contributed by atoms with van der Waals surface area (Å²) in [5.41, 5.74) is 1.18. The Morgan fingerprint density at radius 1 is 1.47 bits per heavy atom. The number of para-hydroxylation sites is 1. The third kappa shape index (κ3) is 2.42. The molecule has 0 spiro atoms. The molecule has 0 atom stereocenters. The van der Waals surface area contributed by atoms with Gasteiger partial charge in [-0.25, -0.2) is 0 Å². The Kier molecular flexibility index (Phi) is 3.45. The molecule has 1 aliphatic heterocycles. The number of ether oxygens (including phenoxy) is 2. The summed E-state index contributed by atoms with van der Waals surface area (Å²) in [5.74, 6) is 1.79. The molecule has 3 heteroatoms. The minimum Gasteiger partial charge on any atom is -0.490 e. The number of rotatable bonds is 3. The lowest BCUT2D eigenvalue weighted by Crippen LogP contribution is -2.16. The zero-order valence-electron chi connectivity index (χ0n) is 9.08. The maximum Gasteiger partial charge on any atom is 0.165 e. The van der Waals surface area contributed by atoms with E-state index >= 15 is 0 Å². The van der Waals surface area contributed by atoms with Crippen molar-refractivity contribution in [2.24, 2.45) is 0 Å². The van der Waals surface area contributed by atoms with E-state index in [-0.39, 0.29) is 0 Å². The molecule has 1 N–H and O–H groups in total. The van der Waals surface area contributed by atoms with Crippen molar-refractivity contribution in [3.8, 4) is 11.5 Å². The first-order valence-electron chi connectivity index (χ1n) is 5.50. The van der Waals surface area contributed by atoms with Crippen LogP contribution in [-0.4, -0.2) is 19.8 Å². The van der Waals surface area contributed by atoms with Gasteiger partial charge in [0.1, 0.15) is 6.61 Å². The Balaban J connectivity index is 2.22. The quantitative estimate of drug-likeness (QED) is 0.821. The summed E-state index contributed by atoms with van der Waals surface area (Å²) < 4.78 is 11.3. The van der Waals surface area contributed by atoms with E-state index in [1.165, 1.54) is 5.56 Å². The molecule has 0 aliphatic carbocycles. The van der Waals surface area contributed by atoms with Gasteiger partial charge in [0.05, 0.1) is 6.61 Å². The average molecular weight is 207 g/mol. The van der Waals surface area contributed by atoms with E-state index < -0.39 is 0 Å². The summed E-state index contributed by atoms with van der Waals surface area (Å²) in [7, 11) is 0. The van der Waals surface area contributed by atoms with Crippen LogP contribution in [0.3, 0.4) is 0 Å². The van der Waals surface area contributed by atoms with Crippen LogP contribution in [0.4, 0.5) is 0 Å². The lowest BCUT2D eigenvalue weighted by atomic mass is 10.2. The number of fused-ring (bicyclic) bond motifs is 1. The van der Waals surface area contributed by atoms with Crippen molar-refractivity contribution in [3.63, 3.8) is 0 Å². The predicted octanol–water partition coefficient (Wildman–Crippen LogP) is 1.96. The topological polar surface area (TPSA) is 30.5 Å². The second-order valence-corrected chi connectivity index (χ2v) is 3.62. The Bertz CT molecular complexity index is 325. The van der Waals surface area contributed by atoms with Crippen molar-refractivity contribution in [3.05, 3.63) is 23.8 Å². The summed E-state index contributed by atoms with van der Waals surface area (Å²) in [6.07, 6.45) is 1.02. The first-order valence-corrected chi connectivity index (χ1v) is 5.50. The number of hydrogen-bond donors (Lipinski definition) is 1. The zero-order valence-corrected chi connectivity index (χ0v) is 9.08. The van der Waals surface area contributed by atoms with E-state index in [0.717, 1.165) is 37.6 Å². The molecule has 0 radical (unpaired) electrons.